The zero-order chi connectivity index (χ0) is 11.3. The molecule has 15 heavy (non-hydrogen) atoms. The van der Waals surface area contributed by atoms with E-state index < -0.39 is 12.8 Å². The summed E-state index contributed by atoms with van der Waals surface area (Å²) in [7, 11) is 3.24. The smallest absolute Gasteiger partial charge is 0.125 e. The maximum Gasteiger partial charge on any atom is 0.125 e. The summed E-state index contributed by atoms with van der Waals surface area (Å²) in [6, 6.07) is 5.08. The van der Waals surface area contributed by atoms with Gasteiger partial charge in [0.15, 0.2) is 0 Å². The lowest BCUT2D eigenvalue weighted by molar-refractivity contribution is 0.171. The molecule has 0 bridgehead atoms. The van der Waals surface area contributed by atoms with Crippen molar-refractivity contribution in [1.82, 2.24) is 5.32 Å². The number of aliphatic hydroxyl groups is 1. The van der Waals surface area contributed by atoms with Crippen molar-refractivity contribution >= 4 is 0 Å². The van der Waals surface area contributed by atoms with Crippen LogP contribution in [0.5, 0.6) is 5.75 Å². The molecule has 0 saturated carbocycles. The van der Waals surface area contributed by atoms with Crippen LogP contribution in [0, 0.1) is 0 Å². The van der Waals surface area contributed by atoms with Gasteiger partial charge in [0.2, 0.25) is 0 Å². The Labute approximate surface area is 88.9 Å². The van der Waals surface area contributed by atoms with Gasteiger partial charge >= 0.3 is 0 Å². The van der Waals surface area contributed by atoms with Gasteiger partial charge in [0.05, 0.1) is 13.2 Å². The van der Waals surface area contributed by atoms with Gasteiger partial charge in [0.1, 0.15) is 12.4 Å². The molecule has 0 radical (unpaired) electrons. The summed E-state index contributed by atoms with van der Waals surface area (Å²) in [6.45, 7) is -0.235. The van der Waals surface area contributed by atoms with Gasteiger partial charge in [0.25, 0.3) is 0 Å². The lowest BCUT2D eigenvalue weighted by Gasteiger charge is -2.17. The van der Waals surface area contributed by atoms with Crippen molar-refractivity contribution in [2.75, 3.05) is 20.7 Å². The predicted molar refractivity (Wildman–Crippen MR) is 56.7 cm³/mol. The quantitative estimate of drug-likeness (QED) is 0.777. The molecule has 1 aromatic carbocycles. The molecule has 0 aliphatic rings. The monoisotopic (exact) mass is 213 g/mol. The van der Waals surface area contributed by atoms with E-state index in [4.69, 9.17) is 4.74 Å². The molecule has 1 atom stereocenters. The van der Waals surface area contributed by atoms with Crippen LogP contribution < -0.4 is 10.1 Å². The molecule has 0 amide bonds. The third-order valence-electron chi connectivity index (χ3n) is 2.25. The van der Waals surface area contributed by atoms with Crippen LogP contribution in [0.1, 0.15) is 17.2 Å². The summed E-state index contributed by atoms with van der Waals surface area (Å²) in [5.41, 5.74) is 0.994. The Balaban J connectivity index is 3.09. The van der Waals surface area contributed by atoms with Crippen LogP contribution in [0.25, 0.3) is 0 Å². The van der Waals surface area contributed by atoms with Gasteiger partial charge in [-0.25, -0.2) is 4.39 Å². The highest BCUT2D eigenvalue weighted by atomic mass is 19.1. The van der Waals surface area contributed by atoms with E-state index in [2.05, 4.69) is 5.32 Å². The third kappa shape index (κ3) is 2.67. The van der Waals surface area contributed by atoms with Crippen LogP contribution in [-0.4, -0.2) is 25.8 Å². The van der Waals surface area contributed by atoms with Crippen molar-refractivity contribution in [1.29, 1.82) is 0 Å². The second kappa shape index (κ2) is 5.68. The molecule has 0 fully saturated rings. The van der Waals surface area contributed by atoms with Crippen molar-refractivity contribution in [3.05, 3.63) is 29.3 Å². The fraction of sp³-hybridized carbons (Fsp3) is 0.455. The van der Waals surface area contributed by atoms with Gasteiger partial charge in [-0.2, -0.15) is 0 Å². The number of aliphatic hydroxyl groups excluding tert-OH is 1. The van der Waals surface area contributed by atoms with Crippen LogP contribution in [0.2, 0.25) is 0 Å². The zero-order valence-corrected chi connectivity index (χ0v) is 8.96. The topological polar surface area (TPSA) is 41.5 Å². The highest BCUT2D eigenvalue weighted by Crippen LogP contribution is 2.29. The van der Waals surface area contributed by atoms with Gasteiger partial charge in [0, 0.05) is 12.1 Å². The Morgan fingerprint density at radius 1 is 1.53 bits per heavy atom. The molecule has 1 aromatic rings. The average molecular weight is 213 g/mol. The normalized spacial score (nSPS) is 12.5. The summed E-state index contributed by atoms with van der Waals surface area (Å²) in [4.78, 5) is 0. The Hall–Kier alpha value is -1.13. The molecule has 0 spiro atoms. The molecule has 0 aliphatic carbocycles. The maximum atomic E-state index is 12.7. The molecule has 2 N–H and O–H groups in total. The second-order valence-corrected chi connectivity index (χ2v) is 3.24. The number of hydrogen-bond acceptors (Lipinski definition) is 3. The highest BCUT2D eigenvalue weighted by molar-refractivity contribution is 5.41. The maximum absolute atomic E-state index is 12.7. The van der Waals surface area contributed by atoms with Crippen molar-refractivity contribution in [3.8, 4) is 5.75 Å². The van der Waals surface area contributed by atoms with Crippen LogP contribution >= 0.6 is 0 Å². The second-order valence-electron chi connectivity index (χ2n) is 3.24. The number of hydrogen-bond donors (Lipinski definition) is 2. The van der Waals surface area contributed by atoms with E-state index in [0.29, 0.717) is 23.4 Å². The zero-order valence-electron chi connectivity index (χ0n) is 8.96. The third-order valence-corrected chi connectivity index (χ3v) is 2.25. The van der Waals surface area contributed by atoms with E-state index in [0.717, 1.165) is 0 Å². The fourth-order valence-electron chi connectivity index (χ4n) is 1.56. The lowest BCUT2D eigenvalue weighted by Crippen LogP contribution is -2.18. The first kappa shape index (κ1) is 11.9. The highest BCUT2D eigenvalue weighted by Gasteiger charge is 2.16. The minimum atomic E-state index is -0.753. The number of likely N-dealkylation sites (N-methyl/N-ethyl adjacent to an activating group) is 1. The molecule has 1 rings (SSSR count). The lowest BCUT2D eigenvalue weighted by atomic mass is 10.0. The SMILES string of the molecule is CNCC(O)c1c(CF)cccc1OC. The Kier molecular flexibility index (Phi) is 4.52. The molecule has 0 aliphatic heterocycles. The number of benzene rings is 1. The number of halogens is 1. The first-order valence-corrected chi connectivity index (χ1v) is 4.79. The summed E-state index contributed by atoms with van der Waals surface area (Å²) in [5.74, 6) is 0.521. The molecule has 3 nitrogen and oxygen atoms in total. The number of nitrogens with one attached hydrogen (secondary N) is 1. The first-order chi connectivity index (χ1) is 7.24. The van der Waals surface area contributed by atoms with Crippen LogP contribution in [0.3, 0.4) is 0 Å². The molecule has 84 valence electrons. The van der Waals surface area contributed by atoms with Gasteiger partial charge in [-0.1, -0.05) is 12.1 Å². The predicted octanol–water partition coefficient (Wildman–Crippen LogP) is 1.42. The van der Waals surface area contributed by atoms with E-state index >= 15 is 0 Å². The van der Waals surface area contributed by atoms with Gasteiger partial charge in [-0.15, -0.1) is 0 Å². The van der Waals surface area contributed by atoms with Gasteiger partial charge in [-0.3, -0.25) is 0 Å². The minimum Gasteiger partial charge on any atom is -0.496 e. The van der Waals surface area contributed by atoms with Crippen LogP contribution in [-0.2, 0) is 6.67 Å². The van der Waals surface area contributed by atoms with Crippen LogP contribution in [0.4, 0.5) is 4.39 Å². The molecule has 0 heterocycles. The number of ether oxygens (including phenoxy) is 1. The van der Waals surface area contributed by atoms with Crippen molar-refractivity contribution in [3.63, 3.8) is 0 Å². The molecular formula is C11H16FNO2. The fourth-order valence-corrected chi connectivity index (χ4v) is 1.56. The molecule has 1 unspecified atom stereocenters. The molecule has 0 aromatic heterocycles. The van der Waals surface area contributed by atoms with E-state index in [1.165, 1.54) is 7.11 Å². The van der Waals surface area contributed by atoms with Crippen molar-refractivity contribution < 1.29 is 14.2 Å². The van der Waals surface area contributed by atoms with Crippen LogP contribution in [0.15, 0.2) is 18.2 Å². The number of rotatable bonds is 5. The summed E-state index contributed by atoms with van der Waals surface area (Å²) in [6.07, 6.45) is -0.753. The number of alkyl halides is 1. The molecular weight excluding hydrogens is 197 g/mol. The molecule has 4 heteroatoms. The standard InChI is InChI=1S/C11H16FNO2/c1-13-7-9(14)11-8(6-12)4-3-5-10(11)15-2/h3-5,9,13-14H,6-7H2,1-2H3. The van der Waals surface area contributed by atoms with E-state index in [9.17, 15) is 9.50 Å². The van der Waals surface area contributed by atoms with Gasteiger partial charge < -0.3 is 15.2 Å². The van der Waals surface area contributed by atoms with E-state index in [-0.39, 0.29) is 0 Å². The van der Waals surface area contributed by atoms with Crippen molar-refractivity contribution in [2.24, 2.45) is 0 Å². The van der Waals surface area contributed by atoms with E-state index in [1.54, 1.807) is 25.2 Å². The Morgan fingerprint density at radius 3 is 2.80 bits per heavy atom. The van der Waals surface area contributed by atoms with E-state index in [1.807, 2.05) is 0 Å². The summed E-state index contributed by atoms with van der Waals surface area (Å²) >= 11 is 0. The van der Waals surface area contributed by atoms with Gasteiger partial charge in [-0.05, 0) is 18.7 Å². The Morgan fingerprint density at radius 2 is 2.27 bits per heavy atom. The summed E-state index contributed by atoms with van der Waals surface area (Å²) < 4.78 is 17.8. The molecule has 0 saturated heterocycles. The average Bonchev–Trinajstić information content (AvgIpc) is 2.28. The largest absolute Gasteiger partial charge is 0.496 e. The first-order valence-electron chi connectivity index (χ1n) is 4.79. The number of methoxy groups -OCH3 is 1. The summed E-state index contributed by atoms with van der Waals surface area (Å²) in [5, 5.41) is 12.7. The minimum absolute atomic E-state index is 0.368. The Bertz CT molecular complexity index is 295. The van der Waals surface area contributed by atoms with Crippen molar-refractivity contribution in [2.45, 2.75) is 12.8 Å².